The van der Waals surface area contributed by atoms with Gasteiger partial charge in [0.25, 0.3) is 5.91 Å². The van der Waals surface area contributed by atoms with Crippen LogP contribution in [0.3, 0.4) is 0 Å². The highest BCUT2D eigenvalue weighted by Crippen LogP contribution is 2.29. The summed E-state index contributed by atoms with van der Waals surface area (Å²) in [5.74, 6) is 0.447. The number of nitrogens with one attached hydrogen (secondary N) is 3. The van der Waals surface area contributed by atoms with E-state index < -0.39 is 53.0 Å². The molecule has 58 heavy (non-hydrogen) atoms. The van der Waals surface area contributed by atoms with Crippen molar-refractivity contribution in [1.29, 1.82) is 0 Å². The molecular formula is C43H58N8O7. The number of hydrogen-bond acceptors (Lipinski definition) is 9. The Balaban J connectivity index is 1.40. The lowest BCUT2D eigenvalue weighted by atomic mass is 9.84. The highest BCUT2D eigenvalue weighted by atomic mass is 16.5. The van der Waals surface area contributed by atoms with Crippen LogP contribution in [0.25, 0.3) is 5.52 Å². The number of imidazole rings is 1. The first-order chi connectivity index (χ1) is 27.5. The summed E-state index contributed by atoms with van der Waals surface area (Å²) in [5.41, 5.74) is 4.13. The third-order valence-electron chi connectivity index (χ3n) is 10.2. The van der Waals surface area contributed by atoms with E-state index >= 15 is 0 Å². The number of ether oxygens (including phenoxy) is 2. The SMILES string of the molecule is COC(=O)NC(C(=O)NN(Cc1ccc(OC)cc1)CC(O)C(Cc1ccccc1)NC(=O)C(N1CCN(Cc2ncc3ccccn23)C1=O)C(C)(C)C)C(C)(C)C. The number of carbonyl (C=O) groups is 4. The molecule has 3 heterocycles. The number of aliphatic hydroxyl groups is 1. The molecule has 4 atom stereocenters. The van der Waals surface area contributed by atoms with Crippen molar-refractivity contribution in [2.24, 2.45) is 10.8 Å². The Labute approximate surface area is 340 Å². The fourth-order valence-corrected chi connectivity index (χ4v) is 7.22. The average Bonchev–Trinajstić information content (AvgIpc) is 3.75. The van der Waals surface area contributed by atoms with E-state index in [2.05, 4.69) is 21.0 Å². The number of pyridine rings is 1. The number of carbonyl (C=O) groups excluding carboxylic acids is 4. The Hall–Kier alpha value is -5.67. The van der Waals surface area contributed by atoms with Gasteiger partial charge in [-0.1, -0.05) is 90.1 Å². The van der Waals surface area contributed by atoms with Crippen molar-refractivity contribution >= 4 is 29.5 Å². The van der Waals surface area contributed by atoms with Crippen molar-refractivity contribution in [3.63, 3.8) is 0 Å². The number of amides is 5. The minimum atomic E-state index is -1.22. The molecule has 312 valence electrons. The van der Waals surface area contributed by atoms with Crippen LogP contribution in [0.15, 0.2) is 85.2 Å². The van der Waals surface area contributed by atoms with Crippen LogP contribution in [0.2, 0.25) is 0 Å². The number of hydrazine groups is 1. The number of nitrogens with zero attached hydrogens (tertiary/aromatic N) is 5. The topological polar surface area (TPSA) is 170 Å². The Morgan fingerprint density at radius 2 is 1.55 bits per heavy atom. The van der Waals surface area contributed by atoms with Gasteiger partial charge in [0, 0.05) is 32.4 Å². The fourth-order valence-electron chi connectivity index (χ4n) is 7.22. The van der Waals surface area contributed by atoms with Crippen LogP contribution in [-0.4, -0.2) is 111 Å². The smallest absolute Gasteiger partial charge is 0.407 e. The number of benzene rings is 2. The van der Waals surface area contributed by atoms with Crippen LogP contribution < -0.4 is 20.8 Å². The van der Waals surface area contributed by atoms with E-state index in [1.54, 1.807) is 40.2 Å². The maximum atomic E-state index is 14.6. The summed E-state index contributed by atoms with van der Waals surface area (Å²) in [5, 5.41) is 19.4. The van der Waals surface area contributed by atoms with Gasteiger partial charge in [0.2, 0.25) is 5.91 Å². The molecule has 1 aliphatic heterocycles. The van der Waals surface area contributed by atoms with Crippen molar-refractivity contribution in [1.82, 2.24) is 40.3 Å². The monoisotopic (exact) mass is 798 g/mol. The molecule has 2 aromatic heterocycles. The fraction of sp³-hybridized carbons (Fsp3) is 0.465. The van der Waals surface area contributed by atoms with E-state index in [1.165, 1.54) is 7.11 Å². The van der Waals surface area contributed by atoms with E-state index in [0.717, 1.165) is 22.5 Å². The zero-order chi connectivity index (χ0) is 42.2. The number of alkyl carbamates (subject to hydrolysis) is 1. The van der Waals surface area contributed by atoms with Gasteiger partial charge < -0.3 is 39.4 Å². The molecule has 1 fully saturated rings. The van der Waals surface area contributed by atoms with Crippen LogP contribution in [-0.2, 0) is 33.8 Å². The second kappa shape index (κ2) is 18.7. The summed E-state index contributed by atoms with van der Waals surface area (Å²) in [6, 6.07) is 19.6. The van der Waals surface area contributed by atoms with Crippen LogP contribution in [0, 0.1) is 10.8 Å². The lowest BCUT2D eigenvalue weighted by Gasteiger charge is -2.38. The van der Waals surface area contributed by atoms with Crippen molar-refractivity contribution in [2.45, 2.75) is 85.3 Å². The summed E-state index contributed by atoms with van der Waals surface area (Å²) in [6.45, 7) is 12.3. The minimum Gasteiger partial charge on any atom is -0.497 e. The number of hydrogen-bond donors (Lipinski definition) is 4. The van der Waals surface area contributed by atoms with Crippen molar-refractivity contribution < 1.29 is 33.8 Å². The Kier molecular flexibility index (Phi) is 14.0. The normalized spacial score (nSPS) is 15.5. The number of methoxy groups -OCH3 is 2. The zero-order valence-corrected chi connectivity index (χ0v) is 34.8. The van der Waals surface area contributed by atoms with E-state index in [-0.39, 0.29) is 32.1 Å². The van der Waals surface area contributed by atoms with Gasteiger partial charge in [0.1, 0.15) is 23.7 Å². The number of fused-ring (bicyclic) bond motifs is 1. The zero-order valence-electron chi connectivity index (χ0n) is 34.8. The molecule has 0 spiro atoms. The molecule has 15 heteroatoms. The van der Waals surface area contributed by atoms with E-state index in [9.17, 15) is 24.3 Å². The molecule has 4 unspecified atom stereocenters. The van der Waals surface area contributed by atoms with Gasteiger partial charge in [-0.15, -0.1) is 0 Å². The Morgan fingerprint density at radius 3 is 2.19 bits per heavy atom. The molecule has 4 aromatic rings. The molecule has 1 saturated heterocycles. The molecule has 0 aliphatic carbocycles. The van der Waals surface area contributed by atoms with E-state index in [1.807, 2.05) is 113 Å². The molecule has 0 saturated carbocycles. The molecule has 2 aromatic carbocycles. The lowest BCUT2D eigenvalue weighted by molar-refractivity contribution is -0.133. The summed E-state index contributed by atoms with van der Waals surface area (Å²) in [7, 11) is 2.80. The molecule has 1 aliphatic rings. The molecule has 4 N–H and O–H groups in total. The van der Waals surface area contributed by atoms with Gasteiger partial charge in [-0.2, -0.15) is 0 Å². The average molecular weight is 799 g/mol. The van der Waals surface area contributed by atoms with Gasteiger partial charge in [-0.3, -0.25) is 15.0 Å². The number of rotatable bonds is 16. The summed E-state index contributed by atoms with van der Waals surface area (Å²) >= 11 is 0. The maximum absolute atomic E-state index is 14.6. The van der Waals surface area contributed by atoms with Crippen molar-refractivity contribution in [3.05, 3.63) is 102 Å². The first-order valence-corrected chi connectivity index (χ1v) is 19.5. The van der Waals surface area contributed by atoms with Crippen molar-refractivity contribution in [2.75, 3.05) is 33.9 Å². The van der Waals surface area contributed by atoms with Gasteiger partial charge in [0.05, 0.1) is 44.6 Å². The highest BCUT2D eigenvalue weighted by molar-refractivity contribution is 5.89. The molecule has 0 radical (unpaired) electrons. The highest BCUT2D eigenvalue weighted by Gasteiger charge is 2.44. The molecule has 15 nitrogen and oxygen atoms in total. The summed E-state index contributed by atoms with van der Waals surface area (Å²) in [6.07, 6.45) is 1.96. The first kappa shape index (κ1) is 43.5. The number of aromatic nitrogens is 2. The van der Waals surface area contributed by atoms with Crippen LogP contribution in [0.5, 0.6) is 5.75 Å². The van der Waals surface area contributed by atoms with Crippen molar-refractivity contribution in [3.8, 4) is 5.75 Å². The van der Waals surface area contributed by atoms with Crippen LogP contribution in [0.1, 0.15) is 58.5 Å². The third-order valence-corrected chi connectivity index (χ3v) is 10.2. The maximum Gasteiger partial charge on any atom is 0.407 e. The molecule has 0 bridgehead atoms. The third kappa shape index (κ3) is 11.0. The number of aliphatic hydroxyl groups excluding tert-OH is 1. The number of urea groups is 1. The summed E-state index contributed by atoms with van der Waals surface area (Å²) < 4.78 is 12.1. The van der Waals surface area contributed by atoms with Crippen LogP contribution >= 0.6 is 0 Å². The van der Waals surface area contributed by atoms with E-state index in [4.69, 9.17) is 9.47 Å². The molecular weight excluding hydrogens is 741 g/mol. The lowest BCUT2D eigenvalue weighted by Crippen LogP contribution is -2.61. The minimum absolute atomic E-state index is 0.112. The Bertz CT molecular complexity index is 2010. The standard InChI is InChI=1S/C43H58N8O7/c1-42(2,3)36(46-40(55)58-8)38(53)47-49(26-30-17-19-32(57-7)20-18-30)27-34(52)33(24-29-14-10-9-11-15-29)45-39(54)37(43(4,5)6)51-23-22-48(41(51)56)28-35-44-25-31-16-12-13-21-50(31)35/h9-21,25,33-34,36-37,52H,22-24,26-28H2,1-8H3,(H,45,54)(H,46,55)(H,47,53). The predicted molar refractivity (Wildman–Crippen MR) is 219 cm³/mol. The molecule has 5 rings (SSSR count). The molecule has 5 amide bonds. The summed E-state index contributed by atoms with van der Waals surface area (Å²) in [4.78, 5) is 62.6. The van der Waals surface area contributed by atoms with Gasteiger partial charge in [-0.05, 0) is 52.6 Å². The van der Waals surface area contributed by atoms with E-state index in [0.29, 0.717) is 18.8 Å². The second-order valence-corrected chi connectivity index (χ2v) is 16.8. The van der Waals surface area contributed by atoms with Gasteiger partial charge >= 0.3 is 12.1 Å². The quantitative estimate of drug-likeness (QED) is 0.120. The second-order valence-electron chi connectivity index (χ2n) is 16.8. The van der Waals surface area contributed by atoms with Gasteiger partial charge in [0.15, 0.2) is 0 Å². The first-order valence-electron chi connectivity index (χ1n) is 19.5. The van der Waals surface area contributed by atoms with Crippen LogP contribution in [0.4, 0.5) is 9.59 Å². The Morgan fingerprint density at radius 1 is 0.862 bits per heavy atom. The predicted octanol–water partition coefficient (Wildman–Crippen LogP) is 4.39. The van der Waals surface area contributed by atoms with Gasteiger partial charge in [-0.25, -0.2) is 19.6 Å². The largest absolute Gasteiger partial charge is 0.497 e.